The summed E-state index contributed by atoms with van der Waals surface area (Å²) in [6.07, 6.45) is 0. The van der Waals surface area contributed by atoms with Gasteiger partial charge in [0.15, 0.2) is 5.82 Å². The Morgan fingerprint density at radius 3 is 1.91 bits per heavy atom. The monoisotopic (exact) mass is 753 g/mol. The number of hydrogen-bond donors (Lipinski definition) is 0. The molecule has 3 aromatic heterocycles. The SMILES string of the molecule is c1ccc(-c2ccc(-c3nc(-c4cc(-n5c6ccccc6c6cc7ccccc7cc65)cc5c4-c4cccc6cccc-5c46)nc4c3sc3ccccc34)cc2)cc1. The fourth-order valence-corrected chi connectivity index (χ4v) is 10.7. The van der Waals surface area contributed by atoms with E-state index in [4.69, 9.17) is 9.97 Å². The summed E-state index contributed by atoms with van der Waals surface area (Å²) < 4.78 is 4.76. The minimum absolute atomic E-state index is 0.729. The molecule has 3 nitrogen and oxygen atoms in total. The third kappa shape index (κ3) is 4.55. The molecule has 0 saturated carbocycles. The van der Waals surface area contributed by atoms with Crippen molar-refractivity contribution >= 4 is 75.0 Å². The highest BCUT2D eigenvalue weighted by molar-refractivity contribution is 7.26. The molecule has 0 fully saturated rings. The summed E-state index contributed by atoms with van der Waals surface area (Å²) in [7, 11) is 0. The van der Waals surface area contributed by atoms with Gasteiger partial charge < -0.3 is 4.57 Å². The lowest BCUT2D eigenvalue weighted by atomic mass is 9.96. The maximum absolute atomic E-state index is 5.62. The summed E-state index contributed by atoms with van der Waals surface area (Å²) in [6, 6.07) is 68.4. The number of aromatic nitrogens is 3. The average Bonchev–Trinajstić information content (AvgIpc) is 3.94. The molecule has 0 spiro atoms. The van der Waals surface area contributed by atoms with Crippen molar-refractivity contribution in [3.05, 3.63) is 188 Å². The van der Waals surface area contributed by atoms with Gasteiger partial charge in [0.2, 0.25) is 0 Å². The van der Waals surface area contributed by atoms with E-state index >= 15 is 0 Å². The van der Waals surface area contributed by atoms with Crippen molar-refractivity contribution in [2.24, 2.45) is 0 Å². The number of benzene rings is 9. The number of fused-ring (bicyclic) bond motifs is 10. The second kappa shape index (κ2) is 12.1. The van der Waals surface area contributed by atoms with Crippen LogP contribution in [0.2, 0.25) is 0 Å². The van der Waals surface area contributed by atoms with Crippen molar-refractivity contribution in [1.29, 1.82) is 0 Å². The van der Waals surface area contributed by atoms with Gasteiger partial charge in [0.25, 0.3) is 0 Å². The number of thiophene rings is 1. The van der Waals surface area contributed by atoms with Gasteiger partial charge in [-0.2, -0.15) is 0 Å². The first-order valence-corrected chi connectivity index (χ1v) is 20.6. The van der Waals surface area contributed by atoms with Crippen LogP contribution >= 0.6 is 11.3 Å². The first-order valence-electron chi connectivity index (χ1n) is 19.7. The molecule has 1 aliphatic rings. The number of hydrogen-bond acceptors (Lipinski definition) is 3. The van der Waals surface area contributed by atoms with Gasteiger partial charge in [-0.05, 0) is 85.8 Å². The molecule has 268 valence electrons. The van der Waals surface area contributed by atoms with E-state index in [1.165, 1.54) is 81.4 Å². The minimum Gasteiger partial charge on any atom is -0.309 e. The lowest BCUT2D eigenvalue weighted by Crippen LogP contribution is -2.00. The van der Waals surface area contributed by atoms with E-state index in [-0.39, 0.29) is 0 Å². The van der Waals surface area contributed by atoms with Gasteiger partial charge in [-0.25, -0.2) is 9.97 Å². The summed E-state index contributed by atoms with van der Waals surface area (Å²) in [6.45, 7) is 0. The Balaban J connectivity index is 1.13. The first-order chi connectivity index (χ1) is 28.7. The van der Waals surface area contributed by atoms with E-state index in [2.05, 4.69) is 193 Å². The van der Waals surface area contributed by atoms with Crippen molar-refractivity contribution in [3.8, 4) is 61.7 Å². The Morgan fingerprint density at radius 1 is 0.414 bits per heavy atom. The van der Waals surface area contributed by atoms with Crippen molar-refractivity contribution in [3.63, 3.8) is 0 Å². The Hall–Kier alpha value is -7.40. The van der Waals surface area contributed by atoms with Gasteiger partial charge in [-0.1, -0.05) is 152 Å². The Kier molecular flexibility index (Phi) is 6.60. The lowest BCUT2D eigenvalue weighted by Gasteiger charge is -2.16. The van der Waals surface area contributed by atoms with E-state index in [1.54, 1.807) is 11.3 Å². The number of para-hydroxylation sites is 1. The van der Waals surface area contributed by atoms with Crippen molar-refractivity contribution in [1.82, 2.24) is 14.5 Å². The highest BCUT2D eigenvalue weighted by atomic mass is 32.1. The van der Waals surface area contributed by atoms with Gasteiger partial charge in [-0.3, -0.25) is 0 Å². The molecule has 0 radical (unpaired) electrons. The largest absolute Gasteiger partial charge is 0.309 e. The molecule has 12 aromatic rings. The predicted molar refractivity (Wildman–Crippen MR) is 245 cm³/mol. The molecule has 0 aliphatic heterocycles. The molecule has 0 unspecified atom stereocenters. The molecular weight excluding hydrogens is 723 g/mol. The zero-order valence-electron chi connectivity index (χ0n) is 31.1. The van der Waals surface area contributed by atoms with Crippen molar-refractivity contribution in [2.45, 2.75) is 0 Å². The molecule has 3 heterocycles. The van der Waals surface area contributed by atoms with Crippen molar-refractivity contribution < 1.29 is 0 Å². The van der Waals surface area contributed by atoms with Crippen LogP contribution in [0.4, 0.5) is 0 Å². The van der Waals surface area contributed by atoms with Gasteiger partial charge in [0.1, 0.15) is 0 Å². The molecule has 58 heavy (non-hydrogen) atoms. The van der Waals surface area contributed by atoms with Crippen LogP contribution in [0, 0.1) is 0 Å². The molecule has 9 aromatic carbocycles. The van der Waals surface area contributed by atoms with E-state index < -0.39 is 0 Å². The lowest BCUT2D eigenvalue weighted by molar-refractivity contribution is 1.17. The highest BCUT2D eigenvalue weighted by Gasteiger charge is 2.28. The van der Waals surface area contributed by atoms with Gasteiger partial charge in [-0.15, -0.1) is 11.3 Å². The second-order valence-electron chi connectivity index (χ2n) is 15.3. The second-order valence-corrected chi connectivity index (χ2v) is 16.4. The maximum Gasteiger partial charge on any atom is 0.161 e. The quantitative estimate of drug-likeness (QED) is 0.179. The topological polar surface area (TPSA) is 30.7 Å². The number of rotatable bonds is 4. The summed E-state index contributed by atoms with van der Waals surface area (Å²) in [5.74, 6) is 0.729. The van der Waals surface area contributed by atoms with Gasteiger partial charge in [0.05, 0.1) is 26.9 Å². The zero-order chi connectivity index (χ0) is 37.9. The minimum atomic E-state index is 0.729. The van der Waals surface area contributed by atoms with E-state index in [0.717, 1.165) is 43.9 Å². The van der Waals surface area contributed by atoms with Crippen molar-refractivity contribution in [2.75, 3.05) is 0 Å². The molecule has 0 bridgehead atoms. The molecule has 13 rings (SSSR count). The van der Waals surface area contributed by atoms with Crippen LogP contribution < -0.4 is 0 Å². The highest BCUT2D eigenvalue weighted by Crippen LogP contribution is 2.53. The van der Waals surface area contributed by atoms with Crippen LogP contribution in [0.15, 0.2) is 188 Å². The fourth-order valence-electron chi connectivity index (χ4n) is 9.50. The molecule has 4 heteroatoms. The predicted octanol–water partition coefficient (Wildman–Crippen LogP) is 14.9. The first kappa shape index (κ1) is 31.8. The molecule has 0 saturated heterocycles. The summed E-state index contributed by atoms with van der Waals surface area (Å²) in [5.41, 5.74) is 14.7. The zero-order valence-corrected chi connectivity index (χ0v) is 32.0. The maximum atomic E-state index is 5.62. The Bertz CT molecular complexity index is 3660. The van der Waals surface area contributed by atoms with Crippen LogP contribution in [0.25, 0.3) is 125 Å². The normalized spacial score (nSPS) is 12.1. The van der Waals surface area contributed by atoms with Crippen LogP contribution in [0.5, 0.6) is 0 Å². The molecule has 1 aliphatic carbocycles. The summed E-state index contributed by atoms with van der Waals surface area (Å²) >= 11 is 1.77. The van der Waals surface area contributed by atoms with Crippen LogP contribution in [0.1, 0.15) is 0 Å². The van der Waals surface area contributed by atoms with E-state index in [0.29, 0.717) is 0 Å². The number of nitrogens with zero attached hydrogens (tertiary/aromatic N) is 3. The summed E-state index contributed by atoms with van der Waals surface area (Å²) in [5, 5.41) is 8.61. The smallest absolute Gasteiger partial charge is 0.161 e. The third-order valence-corrected chi connectivity index (χ3v) is 13.3. The third-order valence-electron chi connectivity index (χ3n) is 12.1. The molecular formula is C54H31N3S. The molecule has 0 amide bonds. The molecule has 0 atom stereocenters. The average molecular weight is 754 g/mol. The Morgan fingerprint density at radius 2 is 1.07 bits per heavy atom. The summed E-state index contributed by atoms with van der Waals surface area (Å²) in [4.78, 5) is 11.2. The van der Waals surface area contributed by atoms with Crippen LogP contribution in [-0.2, 0) is 0 Å². The van der Waals surface area contributed by atoms with Gasteiger partial charge >= 0.3 is 0 Å². The van der Waals surface area contributed by atoms with Crippen LogP contribution in [-0.4, -0.2) is 14.5 Å². The van der Waals surface area contributed by atoms with E-state index in [9.17, 15) is 0 Å². The standard InChI is InChI=1S/C54H31N3S/c1-2-12-32(13-3-1)33-24-26-35(27-25-33)51-53-52(41-19-7-9-23-48(41)58-53)56-54(55-51)45-31-38(30-44-40-20-10-16-34-17-11-21-42(49(34)40)50(44)45)57-46-22-8-6-18-39(46)43-28-36-14-4-5-15-37(36)29-47(43)57/h1-31H. The molecule has 0 N–H and O–H groups in total. The Labute approximate surface area is 337 Å². The van der Waals surface area contributed by atoms with Gasteiger partial charge in [0, 0.05) is 43.2 Å². The van der Waals surface area contributed by atoms with Crippen LogP contribution in [0.3, 0.4) is 0 Å². The fraction of sp³-hybridized carbons (Fsp3) is 0. The van der Waals surface area contributed by atoms with E-state index in [1.807, 2.05) is 0 Å².